The predicted octanol–water partition coefficient (Wildman–Crippen LogP) is 3.17. The number of carbonyl (C=O) groups is 1. The van der Waals surface area contributed by atoms with Gasteiger partial charge in [0.05, 0.1) is 5.92 Å². The lowest BCUT2D eigenvalue weighted by molar-refractivity contribution is -0.141. The molecule has 3 rings (SSSR count). The minimum atomic E-state index is -0.683. The van der Waals surface area contributed by atoms with Crippen LogP contribution in [0.2, 0.25) is 0 Å². The first kappa shape index (κ1) is 15.6. The van der Waals surface area contributed by atoms with E-state index < -0.39 is 5.97 Å². The van der Waals surface area contributed by atoms with Crippen LogP contribution in [0.4, 0.5) is 0 Å². The Labute approximate surface area is 136 Å². The van der Waals surface area contributed by atoms with Crippen LogP contribution >= 0.6 is 0 Å². The first-order valence-corrected chi connectivity index (χ1v) is 7.91. The van der Waals surface area contributed by atoms with Crippen molar-refractivity contribution in [3.63, 3.8) is 0 Å². The van der Waals surface area contributed by atoms with Gasteiger partial charge in [0, 0.05) is 13.1 Å². The summed E-state index contributed by atoms with van der Waals surface area (Å²) < 4.78 is 5.77. The van der Waals surface area contributed by atoms with Crippen molar-refractivity contribution in [3.05, 3.63) is 65.7 Å². The van der Waals surface area contributed by atoms with Gasteiger partial charge in [0.15, 0.2) is 0 Å². The van der Waals surface area contributed by atoms with Gasteiger partial charge in [-0.25, -0.2) is 0 Å². The minimum absolute atomic E-state index is 0.219. The topological polar surface area (TPSA) is 49.8 Å². The number of rotatable bonds is 6. The minimum Gasteiger partial charge on any atom is -0.489 e. The molecule has 1 N–H and O–H groups in total. The summed E-state index contributed by atoms with van der Waals surface area (Å²) in [7, 11) is 0. The van der Waals surface area contributed by atoms with Gasteiger partial charge >= 0.3 is 5.97 Å². The van der Waals surface area contributed by atoms with Crippen molar-refractivity contribution in [2.45, 2.75) is 19.6 Å². The van der Waals surface area contributed by atoms with Gasteiger partial charge < -0.3 is 9.84 Å². The van der Waals surface area contributed by atoms with E-state index in [1.165, 1.54) is 5.56 Å². The van der Waals surface area contributed by atoms with E-state index in [-0.39, 0.29) is 5.92 Å². The molecule has 1 atom stereocenters. The molecular weight excluding hydrogens is 290 g/mol. The Morgan fingerprint density at radius 3 is 2.48 bits per heavy atom. The molecule has 1 aliphatic heterocycles. The van der Waals surface area contributed by atoms with Gasteiger partial charge in [-0.1, -0.05) is 42.5 Å². The second kappa shape index (κ2) is 7.29. The Hall–Kier alpha value is -2.33. The van der Waals surface area contributed by atoms with Crippen LogP contribution in [-0.2, 0) is 17.9 Å². The van der Waals surface area contributed by atoms with Crippen LogP contribution in [0.3, 0.4) is 0 Å². The number of aliphatic carboxylic acids is 1. The molecule has 2 aromatic rings. The molecule has 23 heavy (non-hydrogen) atoms. The van der Waals surface area contributed by atoms with Crippen LogP contribution in [0.5, 0.6) is 5.75 Å². The van der Waals surface area contributed by atoms with Crippen LogP contribution in [0.1, 0.15) is 17.5 Å². The molecule has 0 radical (unpaired) electrons. The van der Waals surface area contributed by atoms with E-state index in [9.17, 15) is 4.79 Å². The summed E-state index contributed by atoms with van der Waals surface area (Å²) >= 11 is 0. The van der Waals surface area contributed by atoms with Crippen LogP contribution in [0.25, 0.3) is 0 Å². The van der Waals surface area contributed by atoms with Gasteiger partial charge in [-0.15, -0.1) is 0 Å². The number of benzene rings is 2. The summed E-state index contributed by atoms with van der Waals surface area (Å²) in [4.78, 5) is 13.2. The van der Waals surface area contributed by atoms with Crippen LogP contribution < -0.4 is 4.74 Å². The third-order valence-electron chi connectivity index (χ3n) is 4.20. The second-order valence-corrected chi connectivity index (χ2v) is 5.98. The normalized spacial score (nSPS) is 18.0. The summed E-state index contributed by atoms with van der Waals surface area (Å²) in [6.07, 6.45) is 0.744. The molecule has 0 amide bonds. The molecule has 4 nitrogen and oxygen atoms in total. The number of ether oxygens (including phenoxy) is 1. The molecule has 2 aromatic carbocycles. The SMILES string of the molecule is O=C(O)C1CCN(Cc2ccc(OCc3ccccc3)cc2)C1. The van der Waals surface area contributed by atoms with Crippen LogP contribution in [-0.4, -0.2) is 29.1 Å². The number of hydrogen-bond acceptors (Lipinski definition) is 3. The van der Waals surface area contributed by atoms with Gasteiger partial charge in [-0.05, 0) is 36.2 Å². The average molecular weight is 311 g/mol. The molecule has 0 aliphatic carbocycles. The van der Waals surface area contributed by atoms with E-state index in [1.54, 1.807) is 0 Å². The highest BCUT2D eigenvalue weighted by Crippen LogP contribution is 2.20. The van der Waals surface area contributed by atoms with Crippen molar-refractivity contribution >= 4 is 5.97 Å². The largest absolute Gasteiger partial charge is 0.489 e. The summed E-state index contributed by atoms with van der Waals surface area (Å²) in [5.41, 5.74) is 2.33. The summed E-state index contributed by atoms with van der Waals surface area (Å²) in [6, 6.07) is 18.1. The van der Waals surface area contributed by atoms with Gasteiger partial charge in [0.25, 0.3) is 0 Å². The summed E-state index contributed by atoms with van der Waals surface area (Å²) in [5.74, 6) is -0.0527. The second-order valence-electron chi connectivity index (χ2n) is 5.98. The molecule has 0 bridgehead atoms. The highest BCUT2D eigenvalue weighted by atomic mass is 16.5. The van der Waals surface area contributed by atoms with E-state index in [0.29, 0.717) is 13.2 Å². The quantitative estimate of drug-likeness (QED) is 0.890. The monoisotopic (exact) mass is 311 g/mol. The average Bonchev–Trinajstić information content (AvgIpc) is 3.04. The molecule has 1 saturated heterocycles. The fourth-order valence-corrected chi connectivity index (χ4v) is 2.87. The van der Waals surface area contributed by atoms with Crippen molar-refractivity contribution in [3.8, 4) is 5.75 Å². The van der Waals surface area contributed by atoms with E-state index in [2.05, 4.69) is 17.0 Å². The van der Waals surface area contributed by atoms with Crippen molar-refractivity contribution in [1.29, 1.82) is 0 Å². The zero-order valence-corrected chi connectivity index (χ0v) is 13.0. The fourth-order valence-electron chi connectivity index (χ4n) is 2.87. The molecule has 4 heteroatoms. The molecule has 0 spiro atoms. The third-order valence-corrected chi connectivity index (χ3v) is 4.20. The summed E-state index contributed by atoms with van der Waals surface area (Å²) in [5, 5.41) is 9.04. The maximum absolute atomic E-state index is 11.0. The maximum atomic E-state index is 11.0. The molecule has 120 valence electrons. The van der Waals surface area contributed by atoms with E-state index in [1.807, 2.05) is 42.5 Å². The molecule has 1 heterocycles. The zero-order chi connectivity index (χ0) is 16.1. The van der Waals surface area contributed by atoms with Crippen molar-refractivity contribution in [2.75, 3.05) is 13.1 Å². The van der Waals surface area contributed by atoms with Crippen LogP contribution in [0.15, 0.2) is 54.6 Å². The number of likely N-dealkylation sites (tertiary alicyclic amines) is 1. The molecule has 1 aliphatic rings. The lowest BCUT2D eigenvalue weighted by Gasteiger charge is -2.15. The third kappa shape index (κ3) is 4.33. The number of hydrogen-bond donors (Lipinski definition) is 1. The molecule has 1 fully saturated rings. The highest BCUT2D eigenvalue weighted by Gasteiger charge is 2.27. The van der Waals surface area contributed by atoms with Crippen LogP contribution in [0, 0.1) is 5.92 Å². The van der Waals surface area contributed by atoms with Gasteiger partial charge in [-0.2, -0.15) is 0 Å². The lowest BCUT2D eigenvalue weighted by Crippen LogP contribution is -2.22. The Bertz CT molecular complexity index is 639. The zero-order valence-electron chi connectivity index (χ0n) is 13.0. The van der Waals surface area contributed by atoms with Crippen molar-refractivity contribution in [1.82, 2.24) is 4.90 Å². The standard InChI is InChI=1S/C19H21NO3/c21-19(22)17-10-11-20(13-17)12-15-6-8-18(9-7-15)23-14-16-4-2-1-3-5-16/h1-9,17H,10-14H2,(H,21,22). The van der Waals surface area contributed by atoms with Crippen molar-refractivity contribution < 1.29 is 14.6 Å². The first-order chi connectivity index (χ1) is 11.2. The Morgan fingerprint density at radius 2 is 1.83 bits per heavy atom. The highest BCUT2D eigenvalue weighted by molar-refractivity contribution is 5.70. The Morgan fingerprint density at radius 1 is 1.09 bits per heavy atom. The molecule has 0 saturated carbocycles. The maximum Gasteiger partial charge on any atom is 0.307 e. The number of carboxylic acid groups (broad SMARTS) is 1. The Balaban J connectivity index is 1.50. The first-order valence-electron chi connectivity index (χ1n) is 7.91. The van der Waals surface area contributed by atoms with E-state index in [4.69, 9.17) is 9.84 Å². The number of nitrogens with zero attached hydrogens (tertiary/aromatic N) is 1. The predicted molar refractivity (Wildman–Crippen MR) is 88.2 cm³/mol. The molecular formula is C19H21NO3. The fraction of sp³-hybridized carbons (Fsp3) is 0.316. The summed E-state index contributed by atoms with van der Waals surface area (Å²) in [6.45, 7) is 2.85. The molecule has 1 unspecified atom stereocenters. The van der Waals surface area contributed by atoms with Crippen molar-refractivity contribution in [2.24, 2.45) is 5.92 Å². The Kier molecular flexibility index (Phi) is 4.93. The van der Waals surface area contributed by atoms with Gasteiger partial charge in [0.1, 0.15) is 12.4 Å². The van der Waals surface area contributed by atoms with E-state index >= 15 is 0 Å². The van der Waals surface area contributed by atoms with Gasteiger partial charge in [0.2, 0.25) is 0 Å². The smallest absolute Gasteiger partial charge is 0.307 e. The number of carboxylic acids is 1. The lowest BCUT2D eigenvalue weighted by atomic mass is 10.1. The molecule has 0 aromatic heterocycles. The van der Waals surface area contributed by atoms with E-state index in [0.717, 1.165) is 30.8 Å². The van der Waals surface area contributed by atoms with Gasteiger partial charge in [-0.3, -0.25) is 9.69 Å².